The van der Waals surface area contributed by atoms with E-state index in [1.165, 1.54) is 241 Å². The van der Waals surface area contributed by atoms with Crippen molar-refractivity contribution in [3.05, 3.63) is 500 Å². The van der Waals surface area contributed by atoms with E-state index in [0.717, 1.165) is 50.0 Å². The van der Waals surface area contributed by atoms with Gasteiger partial charge in [-0.3, -0.25) is 0 Å². The predicted octanol–water partition coefficient (Wildman–Crippen LogP) is 38.9. The van der Waals surface area contributed by atoms with E-state index in [4.69, 9.17) is 28.2 Å². The number of aromatic nitrogens is 3. The van der Waals surface area contributed by atoms with Gasteiger partial charge in [0.2, 0.25) is 17.7 Å². The molecule has 0 amide bonds. The van der Waals surface area contributed by atoms with Gasteiger partial charge in [-0.2, -0.15) is 0 Å². The zero-order valence-corrected chi connectivity index (χ0v) is 82.5. The highest BCUT2D eigenvalue weighted by Crippen LogP contribution is 2.60. The average molecular weight is 1890 g/mol. The molecule has 0 radical (unpaired) electrons. The Balaban J connectivity index is 0.000000105. The number of oxazole rings is 3. The number of nitrogens with zero attached hydrogens (tertiary/aromatic N) is 3. The summed E-state index contributed by atoms with van der Waals surface area (Å²) < 4.78 is 19.0. The minimum Gasteiger partial charge on any atom is -0.436 e. The second-order valence-electron chi connectivity index (χ2n) is 41.7. The molecular formula is C142H95N3O3. The predicted molar refractivity (Wildman–Crippen MR) is 619 cm³/mol. The summed E-state index contributed by atoms with van der Waals surface area (Å²) >= 11 is 0. The van der Waals surface area contributed by atoms with Crippen LogP contribution in [-0.4, -0.2) is 15.0 Å². The third-order valence-corrected chi connectivity index (χ3v) is 32.4. The fraction of sp³-hybridized carbons (Fsp3) is 0.0634. The second kappa shape index (κ2) is 33.3. The van der Waals surface area contributed by atoms with Crippen LogP contribution < -0.4 is 0 Å². The molecule has 6 nitrogen and oxygen atoms in total. The summed E-state index contributed by atoms with van der Waals surface area (Å²) in [5, 5.41) is 24.6. The Morgan fingerprint density at radius 3 is 0.811 bits per heavy atom. The van der Waals surface area contributed by atoms with E-state index in [2.05, 4.69) is 436 Å². The van der Waals surface area contributed by atoms with E-state index in [9.17, 15) is 0 Å². The lowest BCUT2D eigenvalue weighted by Crippen LogP contribution is -2.14. The van der Waals surface area contributed by atoms with E-state index >= 15 is 0 Å². The third-order valence-electron chi connectivity index (χ3n) is 32.4. The molecule has 3 aliphatic carbocycles. The number of fused-ring (bicyclic) bond motifs is 22. The average Bonchev–Trinajstić information content (AvgIpc) is 1.67. The van der Waals surface area contributed by atoms with Crippen LogP contribution in [0.2, 0.25) is 0 Å². The maximum absolute atomic E-state index is 6.39. The van der Waals surface area contributed by atoms with Gasteiger partial charge in [-0.15, -0.1) is 0 Å². The molecule has 31 rings (SSSR count). The van der Waals surface area contributed by atoms with Crippen LogP contribution in [0.5, 0.6) is 0 Å². The van der Waals surface area contributed by atoms with Gasteiger partial charge in [0, 0.05) is 32.9 Å². The molecule has 0 unspecified atom stereocenters. The van der Waals surface area contributed by atoms with Gasteiger partial charge in [-0.25, -0.2) is 15.0 Å². The van der Waals surface area contributed by atoms with E-state index < -0.39 is 0 Å². The standard InChI is InChI=1S/2C50H33NO.C42H29NO/c1-50(2)43-22-8-7-19-35(43)39-28-41-42(29-44(39)50)48(37-21-12-16-31-14-4-6-18-34(31)37)40-27-32(49-51-45-23-9-10-24-46(45)52-49)25-26-38(40)47(41)36-20-11-15-30-13-3-5-17-33(30)36;1-50(2)43-16-8-7-15-37(43)39-28-41-42(29-44(39)50)48(35-22-20-31-12-4-6-14-33(31)26-35)40-27-36(49-51-45-17-9-10-18-46(45)52-49)23-24-38(40)47(41)34-21-19-30-11-3-5-13-32(30)25-34;1-42(2)35-18-10-9-17-29(35)31-24-33-34(25-36(31)42)40(27-15-7-4-8-16-27)32-23-28(41-43-37-19-11-12-20-38(37)44-41)21-22-30(32)39(33)26-13-5-3-6-14-26/h2*3-29H,1-2H3;3-25H,1-2H3. The molecule has 3 aliphatic rings. The van der Waals surface area contributed by atoms with Crippen molar-refractivity contribution in [1.82, 2.24) is 15.0 Å². The molecule has 25 aromatic carbocycles. The SMILES string of the molecule is CC1(C)c2ccccc2-c2cc3c(-c4ccc5ccccc5c4)c4ccc(-c5nc6ccccc6o5)cc4c(-c4ccc5ccccc5c4)c3cc21.CC1(C)c2ccccc2-c2cc3c(-c4cccc5ccccc45)c4ccc(-c5nc6ccccc6o5)cc4c(-c4cccc5ccccc45)c3cc21.CC1(C)c2ccccc2-c2cc3c(-c4ccccc4)c4ccc(-c5nc6ccccc6o5)cc4c(-c4ccccc4)c3cc21. The summed E-state index contributed by atoms with van der Waals surface area (Å²) in [6, 6.07) is 170. The fourth-order valence-electron chi connectivity index (χ4n) is 25.3. The van der Waals surface area contributed by atoms with Crippen molar-refractivity contribution < 1.29 is 13.3 Å². The van der Waals surface area contributed by atoms with Crippen molar-refractivity contribution in [2.75, 3.05) is 0 Å². The molecule has 3 heterocycles. The Bertz CT molecular complexity index is 10400. The summed E-state index contributed by atoms with van der Waals surface area (Å²) in [6.45, 7) is 14.2. The van der Waals surface area contributed by atoms with Crippen LogP contribution in [0.15, 0.2) is 480 Å². The van der Waals surface area contributed by atoms with Crippen LogP contribution in [0, 0.1) is 0 Å². The highest BCUT2D eigenvalue weighted by Gasteiger charge is 2.41. The molecule has 0 fully saturated rings. The van der Waals surface area contributed by atoms with E-state index in [1.807, 2.05) is 72.8 Å². The first kappa shape index (κ1) is 86.2. The van der Waals surface area contributed by atoms with Gasteiger partial charge in [0.15, 0.2) is 16.7 Å². The number of benzene rings is 25. The molecule has 6 heteroatoms. The normalized spacial score (nSPS) is 13.4. The minimum atomic E-state index is -0.148. The number of hydrogen-bond acceptors (Lipinski definition) is 6. The largest absolute Gasteiger partial charge is 0.436 e. The third kappa shape index (κ3) is 13.5. The molecule has 148 heavy (non-hydrogen) atoms. The van der Waals surface area contributed by atoms with Crippen LogP contribution >= 0.6 is 0 Å². The lowest BCUT2D eigenvalue weighted by Gasteiger charge is -2.24. The van der Waals surface area contributed by atoms with Gasteiger partial charge in [0.25, 0.3) is 0 Å². The molecular weight excluding hydrogens is 1800 g/mol. The topological polar surface area (TPSA) is 78.1 Å². The maximum atomic E-state index is 6.39. The summed E-state index contributed by atoms with van der Waals surface area (Å²) in [7, 11) is 0. The van der Waals surface area contributed by atoms with Crippen molar-refractivity contribution in [2.45, 2.75) is 57.8 Å². The minimum absolute atomic E-state index is 0.101. The highest BCUT2D eigenvalue weighted by molar-refractivity contribution is 6.29. The molecule has 696 valence electrons. The number of para-hydroxylation sites is 6. The Morgan fingerprint density at radius 2 is 0.412 bits per heavy atom. The Morgan fingerprint density at radius 1 is 0.149 bits per heavy atom. The van der Waals surface area contributed by atoms with Crippen LogP contribution in [0.4, 0.5) is 0 Å². The van der Waals surface area contributed by atoms with Crippen molar-refractivity contribution in [2.24, 2.45) is 0 Å². The zero-order chi connectivity index (χ0) is 98.5. The van der Waals surface area contributed by atoms with Gasteiger partial charge < -0.3 is 13.3 Å². The molecule has 0 aliphatic heterocycles. The van der Waals surface area contributed by atoms with Gasteiger partial charge >= 0.3 is 0 Å². The first-order valence-electron chi connectivity index (χ1n) is 51.3. The van der Waals surface area contributed by atoms with E-state index in [-0.39, 0.29) is 16.2 Å². The van der Waals surface area contributed by atoms with Crippen LogP contribution in [-0.2, 0) is 16.2 Å². The number of rotatable bonds is 9. The van der Waals surface area contributed by atoms with Gasteiger partial charge in [-0.05, 0) is 363 Å². The van der Waals surface area contributed by atoms with Crippen LogP contribution in [0.25, 0.3) is 276 Å². The fourth-order valence-corrected chi connectivity index (χ4v) is 25.3. The second-order valence-corrected chi connectivity index (χ2v) is 41.7. The Labute approximate surface area is 855 Å². The zero-order valence-electron chi connectivity index (χ0n) is 82.5. The lowest BCUT2D eigenvalue weighted by molar-refractivity contribution is 0.619. The molecule has 0 bridgehead atoms. The highest BCUT2D eigenvalue weighted by atomic mass is 16.4. The van der Waals surface area contributed by atoms with Crippen molar-refractivity contribution >= 4 is 141 Å². The summed E-state index contributed by atoms with van der Waals surface area (Å²) in [6.07, 6.45) is 0. The molecule has 0 atom stereocenters. The first-order chi connectivity index (χ1) is 72.6. The van der Waals surface area contributed by atoms with Gasteiger partial charge in [0.1, 0.15) is 16.6 Å². The smallest absolute Gasteiger partial charge is 0.227 e. The summed E-state index contributed by atoms with van der Waals surface area (Å²) in [5.74, 6) is 1.90. The van der Waals surface area contributed by atoms with Gasteiger partial charge in [-0.1, -0.05) is 387 Å². The molecule has 28 aromatic rings. The molecule has 0 spiro atoms. The molecule has 0 saturated carbocycles. The van der Waals surface area contributed by atoms with E-state index in [0.29, 0.717) is 17.7 Å². The van der Waals surface area contributed by atoms with Crippen molar-refractivity contribution in [1.29, 1.82) is 0 Å². The summed E-state index contributed by atoms with van der Waals surface area (Å²) in [5.41, 5.74) is 38.4. The Kier molecular flexibility index (Phi) is 19.4. The number of hydrogen-bond donors (Lipinski definition) is 0. The van der Waals surface area contributed by atoms with Crippen LogP contribution in [0.3, 0.4) is 0 Å². The monoisotopic (exact) mass is 1890 g/mol. The van der Waals surface area contributed by atoms with Gasteiger partial charge in [0.05, 0.1) is 0 Å². The van der Waals surface area contributed by atoms with E-state index in [1.54, 1.807) is 0 Å². The lowest BCUT2D eigenvalue weighted by atomic mass is 9.78. The maximum Gasteiger partial charge on any atom is 0.227 e. The summed E-state index contributed by atoms with van der Waals surface area (Å²) in [4.78, 5) is 14.7. The Hall–Kier alpha value is -18.5. The molecule has 0 saturated heterocycles. The van der Waals surface area contributed by atoms with Crippen molar-refractivity contribution in [3.63, 3.8) is 0 Å². The molecule has 0 N–H and O–H groups in total. The molecule has 3 aromatic heterocycles. The van der Waals surface area contributed by atoms with Crippen LogP contribution in [0.1, 0.15) is 74.9 Å². The first-order valence-corrected chi connectivity index (χ1v) is 51.3. The quantitative estimate of drug-likeness (QED) is 0.134. The van der Waals surface area contributed by atoms with Crippen molar-refractivity contribution in [3.8, 4) is 135 Å².